The van der Waals surface area contributed by atoms with E-state index in [-0.39, 0.29) is 0 Å². The van der Waals surface area contributed by atoms with Gasteiger partial charge in [0, 0.05) is 6.42 Å². The Balaban J connectivity index is 1.90. The van der Waals surface area contributed by atoms with Crippen molar-refractivity contribution in [3.63, 3.8) is 0 Å². The number of rotatable bonds is 4. The van der Waals surface area contributed by atoms with E-state index in [1.54, 1.807) is 0 Å². The van der Waals surface area contributed by atoms with Crippen LogP contribution in [-0.2, 0) is 4.79 Å². The molecule has 0 aromatic carbocycles. The summed E-state index contributed by atoms with van der Waals surface area (Å²) < 4.78 is 0. The molecule has 14 heavy (non-hydrogen) atoms. The van der Waals surface area contributed by atoms with Gasteiger partial charge in [-0.05, 0) is 54.9 Å². The Bertz CT molecular complexity index is 207. The van der Waals surface area contributed by atoms with Gasteiger partial charge in [-0.1, -0.05) is 0 Å². The van der Waals surface area contributed by atoms with Crippen molar-refractivity contribution in [2.24, 2.45) is 17.8 Å². The maximum absolute atomic E-state index is 10.8. The van der Waals surface area contributed by atoms with Gasteiger partial charge in [-0.25, -0.2) is 0 Å². The number of hydrogen-bond acceptors (Lipinski definition) is 2. The van der Waals surface area contributed by atoms with Crippen molar-refractivity contribution >= 4 is 17.7 Å². The molecule has 0 aromatic rings. The second-order valence-electron chi connectivity index (χ2n) is 4.55. The average Bonchev–Trinajstić information content (AvgIpc) is 2.99. The Kier molecular flexibility index (Phi) is 3.37. The first-order valence-corrected chi connectivity index (χ1v) is 6.72. The smallest absolute Gasteiger partial charge is 0.303 e. The Labute approximate surface area is 89.5 Å². The molecule has 0 amide bonds. The van der Waals surface area contributed by atoms with E-state index in [2.05, 4.69) is 0 Å². The maximum atomic E-state index is 10.8. The molecular weight excluding hydrogens is 196 g/mol. The second kappa shape index (κ2) is 4.56. The van der Waals surface area contributed by atoms with Crippen LogP contribution in [0.15, 0.2) is 0 Å². The van der Waals surface area contributed by atoms with Gasteiger partial charge in [0.05, 0.1) is 0 Å². The van der Waals surface area contributed by atoms with Crippen molar-refractivity contribution in [2.75, 3.05) is 11.5 Å². The molecule has 1 saturated carbocycles. The minimum Gasteiger partial charge on any atom is -0.481 e. The molecule has 2 nitrogen and oxygen atoms in total. The Morgan fingerprint density at radius 2 is 1.79 bits per heavy atom. The molecule has 3 heteroatoms. The molecule has 2 fully saturated rings. The quantitative estimate of drug-likeness (QED) is 0.781. The standard InChI is InChI=1S/C11H18O2S/c12-11(13)7-10(8-1-2-8)9-3-5-14-6-4-9/h8-10H,1-7H2,(H,12,13). The zero-order chi connectivity index (χ0) is 9.97. The molecule has 2 rings (SSSR count). The predicted octanol–water partition coefficient (Wildman–Crippen LogP) is 2.63. The summed E-state index contributed by atoms with van der Waals surface area (Å²) >= 11 is 2.02. The van der Waals surface area contributed by atoms with Crippen LogP contribution >= 0.6 is 11.8 Å². The predicted molar refractivity (Wildman–Crippen MR) is 58.5 cm³/mol. The summed E-state index contributed by atoms with van der Waals surface area (Å²) in [6.45, 7) is 0. The van der Waals surface area contributed by atoms with Gasteiger partial charge in [-0.2, -0.15) is 11.8 Å². The van der Waals surface area contributed by atoms with E-state index in [9.17, 15) is 4.79 Å². The summed E-state index contributed by atoms with van der Waals surface area (Å²) in [5.74, 6) is 3.84. The van der Waals surface area contributed by atoms with Crippen LogP contribution in [0.25, 0.3) is 0 Å². The number of carbonyl (C=O) groups is 1. The van der Waals surface area contributed by atoms with Crippen molar-refractivity contribution in [3.05, 3.63) is 0 Å². The van der Waals surface area contributed by atoms with Crippen LogP contribution in [0, 0.1) is 17.8 Å². The van der Waals surface area contributed by atoms with Gasteiger partial charge in [0.1, 0.15) is 0 Å². The summed E-state index contributed by atoms with van der Waals surface area (Å²) in [7, 11) is 0. The SMILES string of the molecule is O=C(O)CC(C1CCSCC1)C1CC1. The fraction of sp³-hybridized carbons (Fsp3) is 0.909. The van der Waals surface area contributed by atoms with Gasteiger partial charge >= 0.3 is 5.97 Å². The van der Waals surface area contributed by atoms with E-state index in [1.165, 1.54) is 37.2 Å². The fourth-order valence-electron chi connectivity index (χ4n) is 2.59. The van der Waals surface area contributed by atoms with E-state index in [0.717, 1.165) is 5.92 Å². The van der Waals surface area contributed by atoms with Crippen LogP contribution in [0.5, 0.6) is 0 Å². The van der Waals surface area contributed by atoms with Crippen molar-refractivity contribution in [3.8, 4) is 0 Å². The lowest BCUT2D eigenvalue weighted by Gasteiger charge is -2.29. The average molecular weight is 214 g/mol. The lowest BCUT2D eigenvalue weighted by atomic mass is 9.82. The fourth-order valence-corrected chi connectivity index (χ4v) is 3.73. The Morgan fingerprint density at radius 3 is 2.29 bits per heavy atom. The molecule has 0 radical (unpaired) electrons. The van der Waals surface area contributed by atoms with Crippen LogP contribution in [0.2, 0.25) is 0 Å². The van der Waals surface area contributed by atoms with Crippen LogP contribution in [0.3, 0.4) is 0 Å². The van der Waals surface area contributed by atoms with Gasteiger partial charge in [-0.3, -0.25) is 4.79 Å². The zero-order valence-corrected chi connectivity index (χ0v) is 9.26. The van der Waals surface area contributed by atoms with Crippen LogP contribution in [0.1, 0.15) is 32.1 Å². The lowest BCUT2D eigenvalue weighted by molar-refractivity contribution is -0.138. The third-order valence-corrected chi connectivity index (χ3v) is 4.56. The molecular formula is C11H18O2S. The van der Waals surface area contributed by atoms with Crippen LogP contribution in [-0.4, -0.2) is 22.6 Å². The van der Waals surface area contributed by atoms with Gasteiger partial charge in [0.2, 0.25) is 0 Å². The maximum Gasteiger partial charge on any atom is 0.303 e. The van der Waals surface area contributed by atoms with Crippen LogP contribution < -0.4 is 0 Å². The number of carboxylic acids is 1. The highest BCUT2D eigenvalue weighted by molar-refractivity contribution is 7.99. The molecule has 0 bridgehead atoms. The van der Waals surface area contributed by atoms with Gasteiger partial charge in [-0.15, -0.1) is 0 Å². The summed E-state index contributed by atoms with van der Waals surface area (Å²) in [4.78, 5) is 10.8. The topological polar surface area (TPSA) is 37.3 Å². The Hall–Kier alpha value is -0.180. The normalized spacial score (nSPS) is 26.0. The summed E-state index contributed by atoms with van der Waals surface area (Å²) in [5, 5.41) is 8.89. The third-order valence-electron chi connectivity index (χ3n) is 3.51. The van der Waals surface area contributed by atoms with Gasteiger partial charge in [0.25, 0.3) is 0 Å². The van der Waals surface area contributed by atoms with Crippen LogP contribution in [0.4, 0.5) is 0 Å². The number of carboxylic acid groups (broad SMARTS) is 1. The molecule has 0 spiro atoms. The monoisotopic (exact) mass is 214 g/mol. The van der Waals surface area contributed by atoms with E-state index >= 15 is 0 Å². The highest BCUT2D eigenvalue weighted by Crippen LogP contribution is 2.45. The minimum absolute atomic E-state index is 0.417. The third kappa shape index (κ3) is 2.66. The molecule has 1 unspecified atom stereocenters. The van der Waals surface area contributed by atoms with Crippen molar-refractivity contribution in [1.82, 2.24) is 0 Å². The first-order chi connectivity index (χ1) is 6.77. The number of hydrogen-bond donors (Lipinski definition) is 1. The van der Waals surface area contributed by atoms with E-state index in [4.69, 9.17) is 5.11 Å². The lowest BCUT2D eigenvalue weighted by Crippen LogP contribution is -2.24. The molecule has 1 aliphatic heterocycles. The van der Waals surface area contributed by atoms with Crippen molar-refractivity contribution in [2.45, 2.75) is 32.1 Å². The summed E-state index contributed by atoms with van der Waals surface area (Å²) in [6, 6.07) is 0. The van der Waals surface area contributed by atoms with E-state index in [0.29, 0.717) is 18.3 Å². The molecule has 1 aliphatic carbocycles. The van der Waals surface area contributed by atoms with Gasteiger partial charge in [0.15, 0.2) is 0 Å². The number of thioether (sulfide) groups is 1. The van der Waals surface area contributed by atoms with E-state index < -0.39 is 5.97 Å². The van der Waals surface area contributed by atoms with E-state index in [1.807, 2.05) is 11.8 Å². The highest BCUT2D eigenvalue weighted by Gasteiger charge is 2.37. The molecule has 1 saturated heterocycles. The van der Waals surface area contributed by atoms with Gasteiger partial charge < -0.3 is 5.11 Å². The first-order valence-electron chi connectivity index (χ1n) is 5.57. The Morgan fingerprint density at radius 1 is 1.21 bits per heavy atom. The van der Waals surface area contributed by atoms with Crippen molar-refractivity contribution in [1.29, 1.82) is 0 Å². The van der Waals surface area contributed by atoms with Crippen molar-refractivity contribution < 1.29 is 9.90 Å². The first kappa shape index (κ1) is 10.3. The molecule has 2 aliphatic rings. The minimum atomic E-state index is -0.597. The number of aliphatic carboxylic acids is 1. The molecule has 1 heterocycles. The molecule has 1 N–H and O–H groups in total. The largest absolute Gasteiger partial charge is 0.481 e. The summed E-state index contributed by atoms with van der Waals surface area (Å²) in [6.07, 6.45) is 5.47. The second-order valence-corrected chi connectivity index (χ2v) is 5.77. The zero-order valence-electron chi connectivity index (χ0n) is 8.45. The molecule has 1 atom stereocenters. The highest BCUT2D eigenvalue weighted by atomic mass is 32.2. The molecule has 80 valence electrons. The summed E-state index contributed by atoms with van der Waals surface area (Å²) in [5.41, 5.74) is 0. The molecule has 0 aromatic heterocycles.